The summed E-state index contributed by atoms with van der Waals surface area (Å²) in [6.07, 6.45) is 7.67. The molecule has 4 rings (SSSR count). The van der Waals surface area contributed by atoms with E-state index in [-0.39, 0.29) is 11.4 Å². The van der Waals surface area contributed by atoms with Crippen LogP contribution in [0.1, 0.15) is 38.5 Å². The maximum absolute atomic E-state index is 13.0. The second-order valence-electron chi connectivity index (χ2n) is 7.50. The maximum Gasteiger partial charge on any atom is 0.311 e. The van der Waals surface area contributed by atoms with E-state index >= 15 is 0 Å². The van der Waals surface area contributed by atoms with Crippen LogP contribution < -0.4 is 14.9 Å². The highest BCUT2D eigenvalue weighted by Crippen LogP contribution is 2.30. The van der Waals surface area contributed by atoms with E-state index in [1.807, 2.05) is 18.2 Å². The van der Waals surface area contributed by atoms with Gasteiger partial charge in [-0.3, -0.25) is 9.59 Å². The average molecular weight is 392 g/mol. The number of methoxy groups -OCH3 is 1. The molecule has 5 heteroatoms. The summed E-state index contributed by atoms with van der Waals surface area (Å²) in [5.74, 6) is 1.39. The molecule has 1 fully saturated rings. The van der Waals surface area contributed by atoms with Crippen molar-refractivity contribution >= 4 is 16.9 Å². The van der Waals surface area contributed by atoms with Gasteiger partial charge in [0, 0.05) is 18.1 Å². The molecule has 0 saturated heterocycles. The van der Waals surface area contributed by atoms with Crippen LogP contribution in [-0.2, 0) is 4.79 Å². The first kappa shape index (κ1) is 19.2. The topological polar surface area (TPSA) is 65.7 Å². The lowest BCUT2D eigenvalue weighted by atomic mass is 10.0. The highest BCUT2D eigenvalue weighted by molar-refractivity contribution is 5.84. The van der Waals surface area contributed by atoms with E-state index in [1.54, 1.807) is 31.4 Å². The lowest BCUT2D eigenvalue weighted by Gasteiger charge is -2.10. The van der Waals surface area contributed by atoms with Crippen LogP contribution in [0.5, 0.6) is 11.5 Å². The normalized spacial score (nSPS) is 14.2. The zero-order chi connectivity index (χ0) is 20.2. The van der Waals surface area contributed by atoms with E-state index in [2.05, 4.69) is 0 Å². The molecule has 3 aromatic rings. The van der Waals surface area contributed by atoms with Gasteiger partial charge in [-0.1, -0.05) is 43.9 Å². The monoisotopic (exact) mass is 392 g/mol. The van der Waals surface area contributed by atoms with Crippen molar-refractivity contribution in [3.05, 3.63) is 59.0 Å². The number of hydrogen-bond donors (Lipinski definition) is 0. The predicted octanol–water partition coefficient (Wildman–Crippen LogP) is 5.34. The molecule has 1 aromatic heterocycles. The quantitative estimate of drug-likeness (QED) is 0.418. The van der Waals surface area contributed by atoms with Gasteiger partial charge < -0.3 is 13.9 Å². The van der Waals surface area contributed by atoms with E-state index in [1.165, 1.54) is 31.9 Å². The summed E-state index contributed by atoms with van der Waals surface area (Å²) in [4.78, 5) is 25.1. The summed E-state index contributed by atoms with van der Waals surface area (Å²) in [5.41, 5.74) is 1.33. The van der Waals surface area contributed by atoms with Crippen molar-refractivity contribution in [2.45, 2.75) is 38.5 Å². The summed E-state index contributed by atoms with van der Waals surface area (Å²) in [5, 5.41) is 0.430. The van der Waals surface area contributed by atoms with Crippen LogP contribution in [-0.4, -0.2) is 13.1 Å². The Kier molecular flexibility index (Phi) is 5.65. The van der Waals surface area contributed by atoms with Crippen LogP contribution in [0, 0.1) is 5.92 Å². The second kappa shape index (κ2) is 8.52. The first-order valence-corrected chi connectivity index (χ1v) is 10.1. The SMILES string of the molecule is COc1ccccc1-c1coc2cc(OC(=O)CCC3CCCC3)ccc2c1=O. The van der Waals surface area contributed by atoms with E-state index in [4.69, 9.17) is 13.9 Å². The number of para-hydroxylation sites is 1. The van der Waals surface area contributed by atoms with Gasteiger partial charge >= 0.3 is 5.97 Å². The van der Waals surface area contributed by atoms with E-state index in [0.29, 0.717) is 45.9 Å². The minimum absolute atomic E-state index is 0.158. The molecule has 1 aliphatic rings. The average Bonchev–Trinajstić information content (AvgIpc) is 3.26. The number of carbonyl (C=O) groups excluding carboxylic acids is 1. The third kappa shape index (κ3) is 4.19. The third-order valence-corrected chi connectivity index (χ3v) is 5.61. The molecular weight excluding hydrogens is 368 g/mol. The Labute approximate surface area is 169 Å². The number of rotatable bonds is 6. The fourth-order valence-electron chi connectivity index (χ4n) is 4.03. The number of esters is 1. The zero-order valence-corrected chi connectivity index (χ0v) is 16.5. The van der Waals surface area contributed by atoms with Crippen molar-refractivity contribution in [3.63, 3.8) is 0 Å². The summed E-state index contributed by atoms with van der Waals surface area (Å²) >= 11 is 0. The van der Waals surface area contributed by atoms with Crippen LogP contribution in [0.25, 0.3) is 22.1 Å². The second-order valence-corrected chi connectivity index (χ2v) is 7.50. The van der Waals surface area contributed by atoms with Gasteiger partial charge in [0.05, 0.1) is 18.1 Å². The minimum atomic E-state index is -0.246. The Morgan fingerprint density at radius 3 is 2.69 bits per heavy atom. The van der Waals surface area contributed by atoms with Gasteiger partial charge in [0.15, 0.2) is 0 Å². The molecule has 0 N–H and O–H groups in total. The molecule has 0 aliphatic heterocycles. The van der Waals surface area contributed by atoms with Crippen molar-refractivity contribution < 1.29 is 18.7 Å². The fourth-order valence-corrected chi connectivity index (χ4v) is 4.03. The van der Waals surface area contributed by atoms with Crippen molar-refractivity contribution in [3.8, 4) is 22.6 Å². The largest absolute Gasteiger partial charge is 0.496 e. The Bertz CT molecular complexity index is 1080. The van der Waals surface area contributed by atoms with E-state index in [0.717, 1.165) is 6.42 Å². The molecule has 0 spiro atoms. The summed E-state index contributed by atoms with van der Waals surface area (Å²) in [6, 6.07) is 12.2. The zero-order valence-electron chi connectivity index (χ0n) is 16.5. The highest BCUT2D eigenvalue weighted by Gasteiger charge is 2.18. The molecule has 1 aliphatic carbocycles. The van der Waals surface area contributed by atoms with Crippen LogP contribution in [0.4, 0.5) is 0 Å². The minimum Gasteiger partial charge on any atom is -0.496 e. The molecule has 1 heterocycles. The molecule has 29 heavy (non-hydrogen) atoms. The summed E-state index contributed by atoms with van der Waals surface area (Å²) in [6.45, 7) is 0. The highest BCUT2D eigenvalue weighted by atomic mass is 16.5. The Hall–Kier alpha value is -3.08. The van der Waals surface area contributed by atoms with Gasteiger partial charge in [0.2, 0.25) is 5.43 Å². The molecule has 0 atom stereocenters. The van der Waals surface area contributed by atoms with Crippen molar-refractivity contribution in [2.24, 2.45) is 5.92 Å². The Morgan fingerprint density at radius 1 is 1.10 bits per heavy atom. The van der Waals surface area contributed by atoms with Gasteiger partial charge in [-0.15, -0.1) is 0 Å². The molecule has 150 valence electrons. The van der Waals surface area contributed by atoms with Gasteiger partial charge in [0.25, 0.3) is 0 Å². The van der Waals surface area contributed by atoms with Crippen LogP contribution in [0.2, 0.25) is 0 Å². The van der Waals surface area contributed by atoms with Crippen molar-refractivity contribution in [1.82, 2.24) is 0 Å². The summed E-state index contributed by atoms with van der Waals surface area (Å²) in [7, 11) is 1.56. The molecule has 2 aromatic carbocycles. The summed E-state index contributed by atoms with van der Waals surface area (Å²) < 4.78 is 16.5. The number of fused-ring (bicyclic) bond motifs is 1. The van der Waals surface area contributed by atoms with Gasteiger partial charge in [0.1, 0.15) is 23.3 Å². The number of hydrogen-bond acceptors (Lipinski definition) is 5. The number of benzene rings is 2. The van der Waals surface area contributed by atoms with E-state index < -0.39 is 0 Å². The van der Waals surface area contributed by atoms with Gasteiger partial charge in [-0.05, 0) is 30.5 Å². The first-order valence-electron chi connectivity index (χ1n) is 10.1. The third-order valence-electron chi connectivity index (χ3n) is 5.61. The van der Waals surface area contributed by atoms with Crippen LogP contribution in [0.3, 0.4) is 0 Å². The first-order chi connectivity index (χ1) is 14.2. The molecule has 5 nitrogen and oxygen atoms in total. The lowest BCUT2D eigenvalue weighted by molar-refractivity contribution is -0.134. The lowest BCUT2D eigenvalue weighted by Crippen LogP contribution is -2.10. The smallest absolute Gasteiger partial charge is 0.311 e. The van der Waals surface area contributed by atoms with Crippen LogP contribution >= 0.6 is 0 Å². The Balaban J connectivity index is 1.54. The van der Waals surface area contributed by atoms with Gasteiger partial charge in [-0.25, -0.2) is 0 Å². The predicted molar refractivity (Wildman–Crippen MR) is 111 cm³/mol. The van der Waals surface area contributed by atoms with Crippen molar-refractivity contribution in [1.29, 1.82) is 0 Å². The fraction of sp³-hybridized carbons (Fsp3) is 0.333. The molecule has 0 radical (unpaired) electrons. The molecular formula is C24H24O5. The maximum atomic E-state index is 13.0. The number of carbonyl (C=O) groups is 1. The molecule has 0 unspecified atom stereocenters. The van der Waals surface area contributed by atoms with Crippen LogP contribution in [0.15, 0.2) is 57.9 Å². The Morgan fingerprint density at radius 2 is 1.90 bits per heavy atom. The van der Waals surface area contributed by atoms with E-state index in [9.17, 15) is 9.59 Å². The van der Waals surface area contributed by atoms with Gasteiger partial charge in [-0.2, -0.15) is 0 Å². The molecule has 0 amide bonds. The molecule has 0 bridgehead atoms. The molecule has 1 saturated carbocycles. The van der Waals surface area contributed by atoms with Crippen molar-refractivity contribution in [2.75, 3.05) is 7.11 Å². The number of ether oxygens (including phenoxy) is 2. The standard InChI is InChI=1S/C24H24O5/c1-27-21-9-5-4-8-18(21)20-15-28-22-14-17(11-12-19(22)24(20)26)29-23(25)13-10-16-6-2-3-7-16/h4-5,8-9,11-12,14-16H,2-3,6-7,10,13H2,1H3.